The topological polar surface area (TPSA) is 0 Å². The molecule has 0 heterocycles. The fourth-order valence-electron chi connectivity index (χ4n) is 2.70. The molecular weight excluding hydrogens is 228 g/mol. The zero-order chi connectivity index (χ0) is 13.8. The summed E-state index contributed by atoms with van der Waals surface area (Å²) in [7, 11) is 0. The van der Waals surface area contributed by atoms with E-state index >= 15 is 0 Å². The highest BCUT2D eigenvalue weighted by Gasteiger charge is 2.12. The second-order valence-corrected chi connectivity index (χ2v) is 5.17. The van der Waals surface area contributed by atoms with E-state index in [1.165, 1.54) is 27.8 Å². The third-order valence-electron chi connectivity index (χ3n) is 3.66. The van der Waals surface area contributed by atoms with E-state index < -0.39 is 0 Å². The molecule has 0 spiro atoms. The SMILES string of the molecule is C=Cc1c(C(C)C)ccc(-c2ccccc2)c1CC. The van der Waals surface area contributed by atoms with Gasteiger partial charge in [0.25, 0.3) is 0 Å². The van der Waals surface area contributed by atoms with Crippen LogP contribution >= 0.6 is 0 Å². The van der Waals surface area contributed by atoms with Crippen molar-refractivity contribution in [1.82, 2.24) is 0 Å². The minimum absolute atomic E-state index is 0.531. The minimum atomic E-state index is 0.531. The summed E-state index contributed by atoms with van der Waals surface area (Å²) >= 11 is 0. The van der Waals surface area contributed by atoms with E-state index in [4.69, 9.17) is 0 Å². The Morgan fingerprint density at radius 2 is 1.74 bits per heavy atom. The maximum atomic E-state index is 4.02. The zero-order valence-corrected chi connectivity index (χ0v) is 12.1. The van der Waals surface area contributed by atoms with E-state index in [1.807, 2.05) is 6.08 Å². The maximum Gasteiger partial charge on any atom is -0.0146 e. The van der Waals surface area contributed by atoms with E-state index in [1.54, 1.807) is 0 Å². The van der Waals surface area contributed by atoms with Crippen LogP contribution in [0.3, 0.4) is 0 Å². The highest BCUT2D eigenvalue weighted by molar-refractivity contribution is 5.74. The Morgan fingerprint density at radius 1 is 1.05 bits per heavy atom. The van der Waals surface area contributed by atoms with Gasteiger partial charge in [-0.3, -0.25) is 0 Å². The highest BCUT2D eigenvalue weighted by atomic mass is 14.2. The summed E-state index contributed by atoms with van der Waals surface area (Å²) in [5, 5.41) is 0. The van der Waals surface area contributed by atoms with Crippen LogP contribution in [-0.4, -0.2) is 0 Å². The Balaban J connectivity index is 2.67. The first-order valence-corrected chi connectivity index (χ1v) is 7.02. The Morgan fingerprint density at radius 3 is 2.26 bits per heavy atom. The molecule has 0 bridgehead atoms. The maximum absolute atomic E-state index is 4.02. The molecule has 0 nitrogen and oxygen atoms in total. The van der Waals surface area contributed by atoms with Gasteiger partial charge in [-0.05, 0) is 40.2 Å². The molecule has 0 aliphatic carbocycles. The molecular formula is C19H22. The van der Waals surface area contributed by atoms with Crippen molar-refractivity contribution < 1.29 is 0 Å². The minimum Gasteiger partial charge on any atom is -0.0984 e. The fraction of sp³-hybridized carbons (Fsp3) is 0.263. The first-order valence-electron chi connectivity index (χ1n) is 7.02. The van der Waals surface area contributed by atoms with Crippen LogP contribution in [0.25, 0.3) is 17.2 Å². The van der Waals surface area contributed by atoms with Crippen LogP contribution in [0.2, 0.25) is 0 Å². The van der Waals surface area contributed by atoms with Gasteiger partial charge in [0, 0.05) is 0 Å². The predicted octanol–water partition coefficient (Wildman–Crippen LogP) is 5.68. The molecule has 0 radical (unpaired) electrons. The molecule has 2 rings (SSSR count). The first-order chi connectivity index (χ1) is 9.19. The molecule has 2 aromatic carbocycles. The van der Waals surface area contributed by atoms with Gasteiger partial charge in [0.1, 0.15) is 0 Å². The lowest BCUT2D eigenvalue weighted by Gasteiger charge is -2.18. The van der Waals surface area contributed by atoms with Gasteiger partial charge >= 0.3 is 0 Å². The van der Waals surface area contributed by atoms with Crippen molar-refractivity contribution in [2.24, 2.45) is 0 Å². The molecule has 0 aromatic heterocycles. The molecule has 19 heavy (non-hydrogen) atoms. The van der Waals surface area contributed by atoms with Crippen molar-refractivity contribution in [3.05, 3.63) is 65.7 Å². The van der Waals surface area contributed by atoms with Gasteiger partial charge in [-0.2, -0.15) is 0 Å². The van der Waals surface area contributed by atoms with Gasteiger partial charge in [-0.25, -0.2) is 0 Å². The van der Waals surface area contributed by atoms with Crippen LogP contribution in [0, 0.1) is 0 Å². The molecule has 0 N–H and O–H groups in total. The van der Waals surface area contributed by atoms with Crippen LogP contribution in [0.5, 0.6) is 0 Å². The molecule has 0 saturated carbocycles. The lowest BCUT2D eigenvalue weighted by molar-refractivity contribution is 0.859. The van der Waals surface area contributed by atoms with Crippen molar-refractivity contribution in [3.8, 4) is 11.1 Å². The lowest BCUT2D eigenvalue weighted by atomic mass is 9.87. The molecule has 98 valence electrons. The molecule has 0 unspecified atom stereocenters. The Kier molecular flexibility index (Phi) is 4.21. The number of hydrogen-bond acceptors (Lipinski definition) is 0. The second kappa shape index (κ2) is 5.88. The number of rotatable bonds is 4. The summed E-state index contributed by atoms with van der Waals surface area (Å²) in [6.07, 6.45) is 3.05. The smallest absolute Gasteiger partial charge is 0.0146 e. The van der Waals surface area contributed by atoms with Crippen LogP contribution in [-0.2, 0) is 6.42 Å². The molecule has 0 fully saturated rings. The predicted molar refractivity (Wildman–Crippen MR) is 85.4 cm³/mol. The van der Waals surface area contributed by atoms with Crippen molar-refractivity contribution >= 4 is 6.08 Å². The summed E-state index contributed by atoms with van der Waals surface area (Å²) in [6.45, 7) is 10.7. The van der Waals surface area contributed by atoms with Crippen molar-refractivity contribution in [1.29, 1.82) is 0 Å². The van der Waals surface area contributed by atoms with Crippen molar-refractivity contribution in [2.45, 2.75) is 33.1 Å². The number of benzene rings is 2. The Labute approximate surface area is 116 Å². The van der Waals surface area contributed by atoms with Gasteiger partial charge in [-0.1, -0.05) is 75.9 Å². The van der Waals surface area contributed by atoms with Gasteiger partial charge < -0.3 is 0 Å². The summed E-state index contributed by atoms with van der Waals surface area (Å²) in [4.78, 5) is 0. The first kappa shape index (κ1) is 13.6. The Hall–Kier alpha value is -1.82. The van der Waals surface area contributed by atoms with E-state index in [0.29, 0.717) is 5.92 Å². The van der Waals surface area contributed by atoms with E-state index in [9.17, 15) is 0 Å². The normalized spacial score (nSPS) is 10.7. The molecule has 2 aromatic rings. The third-order valence-corrected chi connectivity index (χ3v) is 3.66. The monoisotopic (exact) mass is 250 g/mol. The largest absolute Gasteiger partial charge is 0.0984 e. The number of hydrogen-bond donors (Lipinski definition) is 0. The van der Waals surface area contributed by atoms with E-state index in [0.717, 1.165) is 6.42 Å². The van der Waals surface area contributed by atoms with Crippen LogP contribution in [0.4, 0.5) is 0 Å². The van der Waals surface area contributed by atoms with Crippen LogP contribution < -0.4 is 0 Å². The highest BCUT2D eigenvalue weighted by Crippen LogP contribution is 2.32. The summed E-state index contributed by atoms with van der Waals surface area (Å²) in [5.74, 6) is 0.531. The summed E-state index contributed by atoms with van der Waals surface area (Å²) in [6, 6.07) is 15.1. The lowest BCUT2D eigenvalue weighted by Crippen LogP contribution is -1.99. The molecule has 0 saturated heterocycles. The molecule has 0 aliphatic rings. The van der Waals surface area contributed by atoms with Crippen LogP contribution in [0.15, 0.2) is 49.0 Å². The fourth-order valence-corrected chi connectivity index (χ4v) is 2.70. The van der Waals surface area contributed by atoms with Gasteiger partial charge in [0.15, 0.2) is 0 Å². The average Bonchev–Trinajstić information content (AvgIpc) is 2.46. The van der Waals surface area contributed by atoms with E-state index in [-0.39, 0.29) is 0 Å². The van der Waals surface area contributed by atoms with Crippen LogP contribution in [0.1, 0.15) is 43.4 Å². The molecule has 0 aliphatic heterocycles. The van der Waals surface area contributed by atoms with Crippen molar-refractivity contribution in [2.75, 3.05) is 0 Å². The van der Waals surface area contributed by atoms with E-state index in [2.05, 4.69) is 69.8 Å². The summed E-state index contributed by atoms with van der Waals surface area (Å²) < 4.78 is 0. The second-order valence-electron chi connectivity index (χ2n) is 5.17. The Bertz CT molecular complexity index is 562. The molecule has 0 amide bonds. The average molecular weight is 250 g/mol. The standard InChI is InChI=1S/C19H22/c1-5-16-17(6-2)19(13-12-18(16)14(3)4)15-10-8-7-9-11-15/h5,7-14H,1,6H2,2-4H3. The van der Waals surface area contributed by atoms with Gasteiger partial charge in [0.2, 0.25) is 0 Å². The van der Waals surface area contributed by atoms with Gasteiger partial charge in [0.05, 0.1) is 0 Å². The zero-order valence-electron chi connectivity index (χ0n) is 12.1. The third kappa shape index (κ3) is 2.63. The molecule has 0 atom stereocenters. The quantitative estimate of drug-likeness (QED) is 0.654. The molecule has 0 heteroatoms. The van der Waals surface area contributed by atoms with Gasteiger partial charge in [-0.15, -0.1) is 0 Å². The van der Waals surface area contributed by atoms with Crippen molar-refractivity contribution in [3.63, 3.8) is 0 Å². The summed E-state index contributed by atoms with van der Waals surface area (Å²) in [5.41, 5.74) is 6.75.